The van der Waals surface area contributed by atoms with Crippen molar-refractivity contribution in [1.82, 2.24) is 10.6 Å². The van der Waals surface area contributed by atoms with Crippen LogP contribution in [0, 0.1) is 0 Å². The molecular weight excluding hydrogens is 412 g/mol. The second-order valence-corrected chi connectivity index (χ2v) is 9.27. The van der Waals surface area contributed by atoms with Gasteiger partial charge in [-0.15, -0.1) is 0 Å². The van der Waals surface area contributed by atoms with Gasteiger partial charge in [0.25, 0.3) is 0 Å². The Morgan fingerprint density at radius 1 is 0.818 bits per heavy atom. The Labute approximate surface area is 203 Å². The zero-order valence-electron chi connectivity index (χ0n) is 21.7. The van der Waals surface area contributed by atoms with Crippen molar-refractivity contribution >= 4 is 12.2 Å². The number of allylic oxidation sites excluding steroid dienone is 3. The molecule has 0 aromatic heterocycles. The molecule has 0 bridgehead atoms. The van der Waals surface area contributed by atoms with Crippen molar-refractivity contribution in [3.05, 3.63) is 24.3 Å². The third-order valence-electron chi connectivity index (χ3n) is 6.17. The van der Waals surface area contributed by atoms with Crippen LogP contribution in [-0.2, 0) is 9.59 Å². The van der Waals surface area contributed by atoms with Crippen LogP contribution in [0.2, 0.25) is 0 Å². The average Bonchev–Trinajstić information content (AvgIpc) is 2.80. The SMILES string of the molecule is C/C=C/C=C/C(=O)N[C@@](C=O)(NCCCCCCCCCCCCCCCCCC)[C@@H](C)O. The van der Waals surface area contributed by atoms with Crippen LogP contribution in [0.15, 0.2) is 24.3 Å². The van der Waals surface area contributed by atoms with Gasteiger partial charge >= 0.3 is 0 Å². The average molecular weight is 465 g/mol. The topological polar surface area (TPSA) is 78.4 Å². The maximum atomic E-state index is 12.0. The predicted molar refractivity (Wildman–Crippen MR) is 140 cm³/mol. The van der Waals surface area contributed by atoms with Gasteiger partial charge in [-0.1, -0.05) is 121 Å². The standard InChI is InChI=1S/C28H52N2O3/c1-4-6-8-9-10-11-12-13-14-15-16-17-18-19-20-22-24-29-28(25-31,26(3)32)30-27(33)23-21-7-5-2/h5,7,21,23,25-26,29,32H,4,6,8-20,22,24H2,1-3H3,(H,30,33)/b7-5+,23-21+/t26-,28-/m1/s1. The number of carbonyl (C=O) groups excluding carboxylic acids is 2. The summed E-state index contributed by atoms with van der Waals surface area (Å²) in [6.07, 6.45) is 27.0. The van der Waals surface area contributed by atoms with Crippen molar-refractivity contribution in [2.24, 2.45) is 0 Å². The monoisotopic (exact) mass is 464 g/mol. The van der Waals surface area contributed by atoms with Crippen LogP contribution in [0.4, 0.5) is 0 Å². The summed E-state index contributed by atoms with van der Waals surface area (Å²) in [6.45, 7) is 6.20. The predicted octanol–water partition coefficient (Wildman–Crippen LogP) is 6.36. The molecule has 5 nitrogen and oxygen atoms in total. The Bertz CT molecular complexity index is 531. The molecule has 0 aliphatic heterocycles. The van der Waals surface area contributed by atoms with Crippen molar-refractivity contribution in [2.45, 2.75) is 135 Å². The molecule has 0 aromatic carbocycles. The zero-order valence-corrected chi connectivity index (χ0v) is 21.7. The summed E-state index contributed by atoms with van der Waals surface area (Å²) in [5, 5.41) is 15.7. The largest absolute Gasteiger partial charge is 0.389 e. The Morgan fingerprint density at radius 2 is 1.27 bits per heavy atom. The molecule has 1 amide bonds. The third kappa shape index (κ3) is 17.7. The van der Waals surface area contributed by atoms with E-state index in [4.69, 9.17) is 0 Å². The lowest BCUT2D eigenvalue weighted by atomic mass is 10.0. The Kier molecular flexibility index (Phi) is 21.3. The van der Waals surface area contributed by atoms with Gasteiger partial charge in [0, 0.05) is 6.08 Å². The first kappa shape index (κ1) is 31.5. The van der Waals surface area contributed by atoms with Gasteiger partial charge in [0.2, 0.25) is 5.91 Å². The number of rotatable bonds is 23. The highest BCUT2D eigenvalue weighted by atomic mass is 16.3. The number of unbranched alkanes of at least 4 members (excludes halogenated alkanes) is 15. The molecule has 5 heteroatoms. The minimum absolute atomic E-state index is 0.416. The number of aliphatic hydroxyl groups is 1. The first-order chi connectivity index (χ1) is 16.0. The van der Waals surface area contributed by atoms with Crippen molar-refractivity contribution in [2.75, 3.05) is 6.54 Å². The number of hydrogen-bond acceptors (Lipinski definition) is 4. The molecule has 0 saturated heterocycles. The molecule has 0 aliphatic carbocycles. The zero-order chi connectivity index (χ0) is 24.6. The summed E-state index contributed by atoms with van der Waals surface area (Å²) in [5.74, 6) is -0.416. The van der Waals surface area contributed by atoms with Crippen LogP contribution in [-0.4, -0.2) is 35.6 Å². The Hall–Kier alpha value is -1.46. The summed E-state index contributed by atoms with van der Waals surface area (Å²) in [5.41, 5.74) is -1.45. The summed E-state index contributed by atoms with van der Waals surface area (Å²) < 4.78 is 0. The quantitative estimate of drug-likeness (QED) is 0.0540. The van der Waals surface area contributed by atoms with E-state index in [2.05, 4.69) is 17.6 Å². The summed E-state index contributed by atoms with van der Waals surface area (Å²) in [4.78, 5) is 23.7. The Morgan fingerprint density at radius 3 is 1.67 bits per heavy atom. The van der Waals surface area contributed by atoms with Crippen LogP contribution in [0.1, 0.15) is 124 Å². The van der Waals surface area contributed by atoms with Crippen molar-refractivity contribution in [3.63, 3.8) is 0 Å². The van der Waals surface area contributed by atoms with Crippen molar-refractivity contribution < 1.29 is 14.7 Å². The highest BCUT2D eigenvalue weighted by molar-refractivity contribution is 5.91. The lowest BCUT2D eigenvalue weighted by Gasteiger charge is -2.32. The molecule has 0 saturated carbocycles. The van der Waals surface area contributed by atoms with Gasteiger partial charge in [-0.3, -0.25) is 14.9 Å². The molecule has 0 spiro atoms. The second kappa shape index (κ2) is 22.3. The summed E-state index contributed by atoms with van der Waals surface area (Å²) >= 11 is 0. The summed E-state index contributed by atoms with van der Waals surface area (Å²) in [7, 11) is 0. The fraction of sp³-hybridized carbons (Fsp3) is 0.786. The van der Waals surface area contributed by atoms with Crippen LogP contribution in [0.5, 0.6) is 0 Å². The van der Waals surface area contributed by atoms with E-state index in [1.165, 1.54) is 103 Å². The minimum atomic E-state index is -1.45. The minimum Gasteiger partial charge on any atom is -0.389 e. The maximum absolute atomic E-state index is 12.0. The van der Waals surface area contributed by atoms with E-state index in [1.807, 2.05) is 6.92 Å². The van der Waals surface area contributed by atoms with E-state index in [1.54, 1.807) is 18.2 Å². The van der Waals surface area contributed by atoms with Gasteiger partial charge < -0.3 is 10.4 Å². The lowest BCUT2D eigenvalue weighted by Crippen LogP contribution is -2.66. The smallest absolute Gasteiger partial charge is 0.245 e. The number of hydrogen-bond donors (Lipinski definition) is 3. The van der Waals surface area contributed by atoms with Gasteiger partial charge in [-0.05, 0) is 26.8 Å². The number of aliphatic hydroxyl groups excluding tert-OH is 1. The number of nitrogens with one attached hydrogen (secondary N) is 2. The van der Waals surface area contributed by atoms with Crippen LogP contribution >= 0.6 is 0 Å². The number of amides is 1. The highest BCUT2D eigenvalue weighted by Crippen LogP contribution is 2.14. The molecule has 0 aliphatic rings. The van der Waals surface area contributed by atoms with Gasteiger partial charge in [0.15, 0.2) is 11.9 Å². The highest BCUT2D eigenvalue weighted by Gasteiger charge is 2.35. The molecule has 0 fully saturated rings. The van der Waals surface area contributed by atoms with Gasteiger partial charge in [0.1, 0.15) is 0 Å². The molecule has 0 unspecified atom stereocenters. The van der Waals surface area contributed by atoms with E-state index in [0.29, 0.717) is 12.8 Å². The van der Waals surface area contributed by atoms with Crippen molar-refractivity contribution in [1.29, 1.82) is 0 Å². The lowest BCUT2D eigenvalue weighted by molar-refractivity contribution is -0.128. The molecule has 0 rings (SSSR count). The molecule has 3 N–H and O–H groups in total. The summed E-state index contributed by atoms with van der Waals surface area (Å²) in [6, 6.07) is 0. The van der Waals surface area contributed by atoms with Gasteiger partial charge in [-0.25, -0.2) is 0 Å². The van der Waals surface area contributed by atoms with E-state index >= 15 is 0 Å². The molecular formula is C28H52N2O3. The third-order valence-corrected chi connectivity index (χ3v) is 6.17. The van der Waals surface area contributed by atoms with E-state index < -0.39 is 17.7 Å². The Balaban J connectivity index is 3.77. The van der Waals surface area contributed by atoms with E-state index in [9.17, 15) is 14.7 Å². The van der Waals surface area contributed by atoms with Crippen LogP contribution in [0.3, 0.4) is 0 Å². The molecule has 192 valence electrons. The number of aldehydes is 1. The van der Waals surface area contributed by atoms with Gasteiger partial charge in [-0.2, -0.15) is 0 Å². The van der Waals surface area contributed by atoms with E-state index in [-0.39, 0.29) is 0 Å². The van der Waals surface area contributed by atoms with Crippen LogP contribution in [0.25, 0.3) is 0 Å². The fourth-order valence-corrected chi connectivity index (χ4v) is 3.93. The maximum Gasteiger partial charge on any atom is 0.245 e. The first-order valence-corrected chi connectivity index (χ1v) is 13.5. The first-order valence-electron chi connectivity index (χ1n) is 13.5. The molecule has 2 atom stereocenters. The van der Waals surface area contributed by atoms with Crippen LogP contribution < -0.4 is 10.6 Å². The van der Waals surface area contributed by atoms with Crippen molar-refractivity contribution in [3.8, 4) is 0 Å². The second-order valence-electron chi connectivity index (χ2n) is 9.27. The fourth-order valence-electron chi connectivity index (χ4n) is 3.93. The molecule has 0 heterocycles. The van der Waals surface area contributed by atoms with E-state index in [0.717, 1.165) is 12.8 Å². The van der Waals surface area contributed by atoms with Gasteiger partial charge in [0.05, 0.1) is 6.10 Å². The number of carbonyl (C=O) groups is 2. The normalized spacial score (nSPS) is 14.5. The molecule has 0 radical (unpaired) electrons. The molecule has 0 aromatic rings. The molecule has 33 heavy (non-hydrogen) atoms.